The SMILES string of the molecule is CCCc1ccccc1NS(=O)(=O)c1ccc(CBr)cc1. The van der Waals surface area contributed by atoms with E-state index < -0.39 is 10.0 Å². The fourth-order valence-electron chi connectivity index (χ4n) is 2.07. The fourth-order valence-corrected chi connectivity index (χ4v) is 3.54. The van der Waals surface area contributed by atoms with Crippen molar-refractivity contribution in [1.82, 2.24) is 0 Å². The quantitative estimate of drug-likeness (QED) is 0.772. The molecule has 0 fully saturated rings. The van der Waals surface area contributed by atoms with Gasteiger partial charge < -0.3 is 0 Å². The van der Waals surface area contributed by atoms with Crippen LogP contribution in [0.3, 0.4) is 0 Å². The van der Waals surface area contributed by atoms with Gasteiger partial charge in [-0.3, -0.25) is 4.72 Å². The molecule has 0 aliphatic heterocycles. The van der Waals surface area contributed by atoms with Crippen LogP contribution >= 0.6 is 15.9 Å². The van der Waals surface area contributed by atoms with E-state index in [0.29, 0.717) is 11.0 Å². The van der Waals surface area contributed by atoms with Gasteiger partial charge in [0.25, 0.3) is 10.0 Å². The van der Waals surface area contributed by atoms with Gasteiger partial charge in [-0.05, 0) is 35.7 Å². The second kappa shape index (κ2) is 7.09. The average Bonchev–Trinajstić information content (AvgIpc) is 2.49. The second-order valence-corrected chi connectivity index (χ2v) is 7.03. The van der Waals surface area contributed by atoms with Gasteiger partial charge in [-0.25, -0.2) is 8.42 Å². The molecule has 0 spiro atoms. The number of hydrogen-bond acceptors (Lipinski definition) is 2. The Morgan fingerprint density at radius 1 is 1.05 bits per heavy atom. The van der Waals surface area contributed by atoms with Crippen LogP contribution in [-0.2, 0) is 21.8 Å². The molecule has 0 aromatic heterocycles. The van der Waals surface area contributed by atoms with E-state index in [1.807, 2.05) is 18.2 Å². The van der Waals surface area contributed by atoms with Crippen LogP contribution in [0.2, 0.25) is 0 Å². The summed E-state index contributed by atoms with van der Waals surface area (Å²) in [5, 5.41) is 0.708. The molecule has 2 aromatic carbocycles. The number of rotatable bonds is 6. The molecule has 0 bridgehead atoms. The maximum Gasteiger partial charge on any atom is 0.261 e. The highest BCUT2D eigenvalue weighted by Crippen LogP contribution is 2.21. The highest BCUT2D eigenvalue weighted by Gasteiger charge is 2.15. The van der Waals surface area contributed by atoms with Crippen molar-refractivity contribution in [3.63, 3.8) is 0 Å². The van der Waals surface area contributed by atoms with Crippen molar-refractivity contribution in [2.75, 3.05) is 4.72 Å². The van der Waals surface area contributed by atoms with E-state index in [1.165, 1.54) is 0 Å². The lowest BCUT2D eigenvalue weighted by Crippen LogP contribution is -2.14. The highest BCUT2D eigenvalue weighted by molar-refractivity contribution is 9.08. The van der Waals surface area contributed by atoms with Gasteiger partial charge in [0.15, 0.2) is 0 Å². The molecule has 5 heteroatoms. The van der Waals surface area contributed by atoms with Gasteiger partial charge in [0, 0.05) is 5.33 Å². The molecule has 0 amide bonds. The van der Waals surface area contributed by atoms with Crippen molar-refractivity contribution in [2.45, 2.75) is 30.0 Å². The van der Waals surface area contributed by atoms with Crippen LogP contribution in [0.4, 0.5) is 5.69 Å². The van der Waals surface area contributed by atoms with Gasteiger partial charge >= 0.3 is 0 Å². The zero-order valence-electron chi connectivity index (χ0n) is 11.8. The molecule has 0 radical (unpaired) electrons. The van der Waals surface area contributed by atoms with Crippen molar-refractivity contribution in [2.24, 2.45) is 0 Å². The van der Waals surface area contributed by atoms with Gasteiger partial charge in [-0.15, -0.1) is 0 Å². The van der Waals surface area contributed by atoms with Crippen molar-refractivity contribution in [3.8, 4) is 0 Å². The largest absolute Gasteiger partial charge is 0.279 e. The second-order valence-electron chi connectivity index (χ2n) is 4.79. The minimum absolute atomic E-state index is 0.276. The van der Waals surface area contributed by atoms with E-state index in [4.69, 9.17) is 0 Å². The van der Waals surface area contributed by atoms with Crippen molar-refractivity contribution in [3.05, 3.63) is 59.7 Å². The molecular formula is C16H18BrNO2S. The first-order valence-electron chi connectivity index (χ1n) is 6.82. The van der Waals surface area contributed by atoms with Crippen LogP contribution in [0.25, 0.3) is 0 Å². The topological polar surface area (TPSA) is 46.2 Å². The Kier molecular flexibility index (Phi) is 5.42. The average molecular weight is 368 g/mol. The first-order valence-corrected chi connectivity index (χ1v) is 9.43. The van der Waals surface area contributed by atoms with E-state index in [2.05, 4.69) is 27.6 Å². The molecule has 0 heterocycles. The Labute approximate surface area is 134 Å². The minimum Gasteiger partial charge on any atom is -0.279 e. The summed E-state index contributed by atoms with van der Waals surface area (Å²) < 4.78 is 27.6. The molecule has 0 saturated heterocycles. The lowest BCUT2D eigenvalue weighted by atomic mass is 10.1. The Morgan fingerprint density at radius 2 is 1.71 bits per heavy atom. The summed E-state index contributed by atoms with van der Waals surface area (Å²) in [6.07, 6.45) is 1.82. The van der Waals surface area contributed by atoms with Crippen molar-refractivity contribution < 1.29 is 8.42 Å². The minimum atomic E-state index is -3.54. The Balaban J connectivity index is 2.28. The number of sulfonamides is 1. The fraction of sp³-hybridized carbons (Fsp3) is 0.250. The number of halogens is 1. The van der Waals surface area contributed by atoms with Crippen LogP contribution in [0, 0.1) is 0 Å². The summed E-state index contributed by atoms with van der Waals surface area (Å²) in [6.45, 7) is 2.07. The van der Waals surface area contributed by atoms with Gasteiger partial charge in [0.1, 0.15) is 0 Å². The summed E-state index contributed by atoms with van der Waals surface area (Å²) in [5.41, 5.74) is 2.71. The maximum absolute atomic E-state index is 12.4. The summed E-state index contributed by atoms with van der Waals surface area (Å²) >= 11 is 3.35. The summed E-state index contributed by atoms with van der Waals surface area (Å²) in [6, 6.07) is 14.4. The van der Waals surface area contributed by atoms with Crippen molar-refractivity contribution >= 4 is 31.6 Å². The molecule has 2 aromatic rings. The predicted molar refractivity (Wildman–Crippen MR) is 90.3 cm³/mol. The Morgan fingerprint density at radius 3 is 2.33 bits per heavy atom. The third kappa shape index (κ3) is 4.08. The third-order valence-electron chi connectivity index (χ3n) is 3.17. The van der Waals surface area contributed by atoms with E-state index in [9.17, 15) is 8.42 Å². The monoisotopic (exact) mass is 367 g/mol. The van der Waals surface area contributed by atoms with E-state index in [1.54, 1.807) is 30.3 Å². The lowest BCUT2D eigenvalue weighted by Gasteiger charge is -2.12. The highest BCUT2D eigenvalue weighted by atomic mass is 79.9. The molecule has 0 aliphatic rings. The smallest absolute Gasteiger partial charge is 0.261 e. The van der Waals surface area contributed by atoms with Crippen LogP contribution in [0.1, 0.15) is 24.5 Å². The standard InChI is InChI=1S/C16H18BrNO2S/c1-2-5-14-6-3-4-7-16(14)18-21(19,20)15-10-8-13(12-17)9-11-15/h3-4,6-11,18H,2,5,12H2,1H3. The van der Waals surface area contributed by atoms with Crippen LogP contribution in [0.15, 0.2) is 53.4 Å². The third-order valence-corrected chi connectivity index (χ3v) is 5.20. The molecule has 0 unspecified atom stereocenters. The molecule has 0 aliphatic carbocycles. The maximum atomic E-state index is 12.4. The molecule has 0 atom stereocenters. The molecule has 3 nitrogen and oxygen atoms in total. The van der Waals surface area contributed by atoms with Crippen LogP contribution < -0.4 is 4.72 Å². The summed E-state index contributed by atoms with van der Waals surface area (Å²) in [5.74, 6) is 0. The molecule has 2 rings (SSSR count). The first-order chi connectivity index (χ1) is 10.1. The van der Waals surface area contributed by atoms with E-state index in [0.717, 1.165) is 24.0 Å². The van der Waals surface area contributed by atoms with Crippen LogP contribution in [-0.4, -0.2) is 8.42 Å². The van der Waals surface area contributed by atoms with Crippen LogP contribution in [0.5, 0.6) is 0 Å². The molecule has 0 saturated carbocycles. The van der Waals surface area contributed by atoms with Gasteiger partial charge in [-0.1, -0.05) is 59.6 Å². The molecular weight excluding hydrogens is 350 g/mol. The van der Waals surface area contributed by atoms with Gasteiger partial charge in [0.05, 0.1) is 10.6 Å². The van der Waals surface area contributed by atoms with Gasteiger partial charge in [-0.2, -0.15) is 0 Å². The summed E-state index contributed by atoms with van der Waals surface area (Å²) in [7, 11) is -3.54. The molecule has 21 heavy (non-hydrogen) atoms. The number of alkyl halides is 1. The number of para-hydroxylation sites is 1. The number of benzene rings is 2. The number of hydrogen-bond donors (Lipinski definition) is 1. The Bertz CT molecular complexity index is 696. The number of aryl methyl sites for hydroxylation is 1. The first kappa shape index (κ1) is 16.0. The molecule has 1 N–H and O–H groups in total. The van der Waals surface area contributed by atoms with E-state index >= 15 is 0 Å². The van der Waals surface area contributed by atoms with Crippen molar-refractivity contribution in [1.29, 1.82) is 0 Å². The molecule has 112 valence electrons. The number of nitrogens with one attached hydrogen (secondary N) is 1. The zero-order chi connectivity index (χ0) is 15.3. The predicted octanol–water partition coefficient (Wildman–Crippen LogP) is 4.33. The number of anilines is 1. The lowest BCUT2D eigenvalue weighted by molar-refractivity contribution is 0.601. The Hall–Kier alpha value is -1.33. The zero-order valence-corrected chi connectivity index (χ0v) is 14.2. The summed E-state index contributed by atoms with van der Waals surface area (Å²) in [4.78, 5) is 0.276. The van der Waals surface area contributed by atoms with Gasteiger partial charge in [0.2, 0.25) is 0 Å². The van der Waals surface area contributed by atoms with E-state index in [-0.39, 0.29) is 4.90 Å². The normalized spacial score (nSPS) is 11.3.